The lowest BCUT2D eigenvalue weighted by molar-refractivity contribution is 0.0314. The Balaban J connectivity index is 2.93. The molecule has 0 radical (unpaired) electrons. The van der Waals surface area contributed by atoms with Crippen molar-refractivity contribution in [2.75, 3.05) is 13.1 Å². The molecular weight excluding hydrogens is 254 g/mol. The number of phenolic OH excluding ortho intramolecular Hbond substituents is 1. The van der Waals surface area contributed by atoms with Gasteiger partial charge in [-0.25, -0.2) is 0 Å². The number of rotatable bonds is 4. The lowest BCUT2D eigenvalue weighted by atomic mass is 10.1. The van der Waals surface area contributed by atoms with Gasteiger partial charge in [-0.2, -0.15) is 0 Å². The standard InChI is InChI=1S/C13H18ClNO3/c1-4-15(8-13(2,3)18)12(17)9-5-6-11(16)10(14)7-9/h5-7,16,18H,4,8H2,1-3H3. The molecule has 0 heterocycles. The van der Waals surface area contributed by atoms with Crippen LogP contribution in [0.4, 0.5) is 0 Å². The van der Waals surface area contributed by atoms with Gasteiger partial charge in [0.25, 0.3) is 5.91 Å². The molecule has 4 nitrogen and oxygen atoms in total. The molecule has 0 spiro atoms. The van der Waals surface area contributed by atoms with Gasteiger partial charge >= 0.3 is 0 Å². The summed E-state index contributed by atoms with van der Waals surface area (Å²) >= 11 is 5.77. The third-order valence-electron chi connectivity index (χ3n) is 2.44. The molecule has 18 heavy (non-hydrogen) atoms. The number of hydrogen-bond acceptors (Lipinski definition) is 3. The van der Waals surface area contributed by atoms with Gasteiger partial charge in [0.1, 0.15) is 5.75 Å². The zero-order valence-corrected chi connectivity index (χ0v) is 11.5. The first-order valence-corrected chi connectivity index (χ1v) is 6.12. The first-order valence-electron chi connectivity index (χ1n) is 5.75. The average molecular weight is 272 g/mol. The predicted molar refractivity (Wildman–Crippen MR) is 71.0 cm³/mol. The minimum Gasteiger partial charge on any atom is -0.506 e. The Morgan fingerprint density at radius 2 is 2.06 bits per heavy atom. The van der Waals surface area contributed by atoms with Gasteiger partial charge in [-0.05, 0) is 39.0 Å². The van der Waals surface area contributed by atoms with E-state index in [1.165, 1.54) is 23.1 Å². The molecule has 0 bridgehead atoms. The fraction of sp³-hybridized carbons (Fsp3) is 0.462. The number of carbonyl (C=O) groups is 1. The number of halogens is 1. The summed E-state index contributed by atoms with van der Waals surface area (Å²) in [6, 6.07) is 4.32. The molecule has 5 heteroatoms. The summed E-state index contributed by atoms with van der Waals surface area (Å²) in [6.45, 7) is 5.85. The molecule has 0 aliphatic heterocycles. The van der Waals surface area contributed by atoms with E-state index in [4.69, 9.17) is 11.6 Å². The van der Waals surface area contributed by atoms with Crippen LogP contribution < -0.4 is 0 Å². The third-order valence-corrected chi connectivity index (χ3v) is 2.74. The van der Waals surface area contributed by atoms with Gasteiger partial charge in [-0.15, -0.1) is 0 Å². The zero-order chi connectivity index (χ0) is 13.9. The van der Waals surface area contributed by atoms with Crippen molar-refractivity contribution in [2.45, 2.75) is 26.4 Å². The van der Waals surface area contributed by atoms with Crippen LogP contribution in [0, 0.1) is 0 Å². The summed E-state index contributed by atoms with van der Waals surface area (Å²) in [4.78, 5) is 13.7. The Kier molecular flexibility index (Phi) is 4.59. The average Bonchev–Trinajstić information content (AvgIpc) is 2.27. The van der Waals surface area contributed by atoms with Crippen LogP contribution >= 0.6 is 11.6 Å². The molecule has 0 aliphatic rings. The maximum absolute atomic E-state index is 12.2. The first-order chi connectivity index (χ1) is 8.24. The number of aromatic hydroxyl groups is 1. The van der Waals surface area contributed by atoms with Crippen LogP contribution in [0.1, 0.15) is 31.1 Å². The van der Waals surface area contributed by atoms with E-state index in [0.717, 1.165) is 0 Å². The van der Waals surface area contributed by atoms with E-state index in [1.54, 1.807) is 13.8 Å². The Morgan fingerprint density at radius 3 is 2.50 bits per heavy atom. The molecule has 0 saturated heterocycles. The SMILES string of the molecule is CCN(CC(C)(C)O)C(=O)c1ccc(O)c(Cl)c1. The zero-order valence-electron chi connectivity index (χ0n) is 10.8. The first kappa shape index (κ1) is 14.8. The Morgan fingerprint density at radius 1 is 1.44 bits per heavy atom. The number of aliphatic hydroxyl groups is 1. The number of amides is 1. The number of benzene rings is 1. The summed E-state index contributed by atoms with van der Waals surface area (Å²) in [5, 5.41) is 19.2. The Bertz CT molecular complexity index is 440. The van der Waals surface area contributed by atoms with Crippen LogP contribution in [0.5, 0.6) is 5.75 Å². The fourth-order valence-corrected chi connectivity index (χ4v) is 1.80. The Hall–Kier alpha value is -1.26. The van der Waals surface area contributed by atoms with Gasteiger partial charge < -0.3 is 15.1 Å². The van der Waals surface area contributed by atoms with Crippen LogP contribution in [0.3, 0.4) is 0 Å². The lowest BCUT2D eigenvalue weighted by Gasteiger charge is -2.28. The van der Waals surface area contributed by atoms with Gasteiger partial charge in [-0.1, -0.05) is 11.6 Å². The highest BCUT2D eigenvalue weighted by Crippen LogP contribution is 2.24. The van der Waals surface area contributed by atoms with Gasteiger partial charge in [0.05, 0.1) is 10.6 Å². The molecule has 1 aromatic carbocycles. The molecule has 1 aromatic rings. The van der Waals surface area contributed by atoms with Crippen molar-refractivity contribution in [3.8, 4) is 5.75 Å². The van der Waals surface area contributed by atoms with E-state index in [-0.39, 0.29) is 23.2 Å². The van der Waals surface area contributed by atoms with Crippen molar-refractivity contribution in [3.05, 3.63) is 28.8 Å². The maximum Gasteiger partial charge on any atom is 0.253 e. The summed E-state index contributed by atoms with van der Waals surface area (Å²) in [7, 11) is 0. The van der Waals surface area contributed by atoms with Crippen LogP contribution in [0.15, 0.2) is 18.2 Å². The van der Waals surface area contributed by atoms with Crippen molar-refractivity contribution >= 4 is 17.5 Å². The minimum atomic E-state index is -0.952. The molecule has 2 N–H and O–H groups in total. The van der Waals surface area contributed by atoms with E-state index in [1.807, 2.05) is 6.92 Å². The lowest BCUT2D eigenvalue weighted by Crippen LogP contribution is -2.42. The molecule has 100 valence electrons. The van der Waals surface area contributed by atoms with Crippen molar-refractivity contribution in [3.63, 3.8) is 0 Å². The molecule has 0 saturated carbocycles. The number of likely N-dealkylation sites (N-methyl/N-ethyl adjacent to an activating group) is 1. The van der Waals surface area contributed by atoms with Crippen molar-refractivity contribution in [1.82, 2.24) is 4.90 Å². The van der Waals surface area contributed by atoms with Crippen molar-refractivity contribution in [2.24, 2.45) is 0 Å². The van der Waals surface area contributed by atoms with Crippen LogP contribution in [-0.4, -0.2) is 39.7 Å². The van der Waals surface area contributed by atoms with E-state index in [9.17, 15) is 15.0 Å². The number of nitrogens with zero attached hydrogens (tertiary/aromatic N) is 1. The molecule has 0 aliphatic carbocycles. The van der Waals surface area contributed by atoms with Crippen molar-refractivity contribution in [1.29, 1.82) is 0 Å². The van der Waals surface area contributed by atoms with Gasteiger partial charge in [-0.3, -0.25) is 4.79 Å². The molecule has 0 aromatic heterocycles. The fourth-order valence-electron chi connectivity index (χ4n) is 1.62. The maximum atomic E-state index is 12.2. The van der Waals surface area contributed by atoms with Crippen LogP contribution in [-0.2, 0) is 0 Å². The van der Waals surface area contributed by atoms with E-state index in [0.29, 0.717) is 12.1 Å². The summed E-state index contributed by atoms with van der Waals surface area (Å²) < 4.78 is 0. The summed E-state index contributed by atoms with van der Waals surface area (Å²) in [5.74, 6) is -0.278. The monoisotopic (exact) mass is 271 g/mol. The second kappa shape index (κ2) is 5.59. The summed E-state index contributed by atoms with van der Waals surface area (Å²) in [6.07, 6.45) is 0. The van der Waals surface area contributed by atoms with E-state index >= 15 is 0 Å². The normalized spacial score (nSPS) is 11.4. The largest absolute Gasteiger partial charge is 0.506 e. The van der Waals surface area contributed by atoms with Crippen molar-refractivity contribution < 1.29 is 15.0 Å². The van der Waals surface area contributed by atoms with Crippen LogP contribution in [0.2, 0.25) is 5.02 Å². The number of phenols is 1. The number of hydrogen-bond donors (Lipinski definition) is 2. The van der Waals surface area contributed by atoms with Gasteiger partial charge in [0.2, 0.25) is 0 Å². The molecule has 1 rings (SSSR count). The Labute approximate surface area is 112 Å². The molecule has 0 fully saturated rings. The highest BCUT2D eigenvalue weighted by atomic mass is 35.5. The highest BCUT2D eigenvalue weighted by Gasteiger charge is 2.22. The minimum absolute atomic E-state index is 0.0567. The molecule has 1 amide bonds. The topological polar surface area (TPSA) is 60.8 Å². The molecule has 0 unspecified atom stereocenters. The second-order valence-electron chi connectivity index (χ2n) is 4.80. The predicted octanol–water partition coefficient (Wildman–Crippen LogP) is 2.28. The number of carbonyl (C=O) groups excluding carboxylic acids is 1. The quantitative estimate of drug-likeness (QED) is 0.883. The van der Waals surface area contributed by atoms with Gasteiger partial charge in [0.15, 0.2) is 0 Å². The smallest absolute Gasteiger partial charge is 0.253 e. The molecular formula is C13H18ClNO3. The van der Waals surface area contributed by atoms with E-state index in [2.05, 4.69) is 0 Å². The van der Waals surface area contributed by atoms with Gasteiger partial charge in [0, 0.05) is 18.7 Å². The van der Waals surface area contributed by atoms with Crippen LogP contribution in [0.25, 0.3) is 0 Å². The molecule has 0 atom stereocenters. The second-order valence-corrected chi connectivity index (χ2v) is 5.21. The third kappa shape index (κ3) is 3.89. The van der Waals surface area contributed by atoms with E-state index < -0.39 is 5.60 Å². The highest BCUT2D eigenvalue weighted by molar-refractivity contribution is 6.32. The summed E-state index contributed by atoms with van der Waals surface area (Å²) in [5.41, 5.74) is -0.560.